The second-order valence-electron chi connectivity index (χ2n) is 10.6. The van der Waals surface area contributed by atoms with E-state index in [0.29, 0.717) is 41.2 Å². The lowest BCUT2D eigenvalue weighted by atomic mass is 9.98. The van der Waals surface area contributed by atoms with Gasteiger partial charge in [0.15, 0.2) is 0 Å². The fraction of sp³-hybridized carbons (Fsp3) is 0.345. The Morgan fingerprint density at radius 1 is 0.872 bits per heavy atom. The number of aromatic nitrogens is 7. The Bertz CT molecular complexity index is 1840. The summed E-state index contributed by atoms with van der Waals surface area (Å²) in [7, 11) is 1.38. The van der Waals surface area contributed by atoms with Crippen LogP contribution in [0.25, 0.3) is 11.3 Å². The average Bonchev–Trinajstić information content (AvgIpc) is 3.71. The van der Waals surface area contributed by atoms with Gasteiger partial charge in [-0.2, -0.15) is 44.3 Å². The van der Waals surface area contributed by atoms with E-state index in [-0.39, 0.29) is 17.6 Å². The van der Waals surface area contributed by atoms with Crippen LogP contribution in [0.3, 0.4) is 0 Å². The van der Waals surface area contributed by atoms with E-state index in [1.54, 1.807) is 0 Å². The number of halogens is 9. The molecule has 5 rings (SSSR count). The molecule has 1 N–H and O–H groups in total. The van der Waals surface area contributed by atoms with Gasteiger partial charge in [-0.05, 0) is 60.0 Å². The SMILES string of the molecule is CCc1sc(Cc2nc[nH]c2C)nc1-c1ccc(C(F)(F)F)cc1CN(Cc1cc(C(F)(F)F)cc(C(F)(F)F)c1)c1nnn(C)n1. The third kappa shape index (κ3) is 7.74. The number of thiazole rings is 1. The highest BCUT2D eigenvalue weighted by Crippen LogP contribution is 2.39. The molecule has 5 aromatic rings. The number of rotatable bonds is 9. The normalized spacial score (nSPS) is 12.6. The Labute approximate surface area is 265 Å². The van der Waals surface area contributed by atoms with Crippen molar-refractivity contribution in [1.82, 2.24) is 35.2 Å². The second kappa shape index (κ2) is 12.6. The zero-order valence-electron chi connectivity index (χ0n) is 24.8. The molecule has 8 nitrogen and oxygen atoms in total. The number of anilines is 1. The molecule has 0 fully saturated rings. The molecular weight excluding hydrogens is 663 g/mol. The van der Waals surface area contributed by atoms with Crippen LogP contribution in [0, 0.1) is 6.92 Å². The number of H-pyrrole nitrogens is 1. The van der Waals surface area contributed by atoms with Crippen LogP contribution in [0.2, 0.25) is 0 Å². The van der Waals surface area contributed by atoms with Gasteiger partial charge in [-0.15, -0.1) is 16.4 Å². The van der Waals surface area contributed by atoms with Crippen molar-refractivity contribution in [3.63, 3.8) is 0 Å². The number of benzene rings is 2. The summed E-state index contributed by atoms with van der Waals surface area (Å²) in [5.74, 6) is -0.231. The Hall–Kier alpha value is -4.48. The summed E-state index contributed by atoms with van der Waals surface area (Å²) in [6, 6.07) is 4.11. The van der Waals surface area contributed by atoms with Crippen molar-refractivity contribution < 1.29 is 39.5 Å². The fourth-order valence-corrected chi connectivity index (χ4v) is 5.93. The van der Waals surface area contributed by atoms with Gasteiger partial charge in [0, 0.05) is 35.6 Å². The summed E-state index contributed by atoms with van der Waals surface area (Å²) in [6.07, 6.45) is -12.6. The van der Waals surface area contributed by atoms with E-state index in [1.807, 2.05) is 13.8 Å². The molecule has 0 radical (unpaired) electrons. The minimum absolute atomic E-state index is 0.00406. The molecule has 0 bridgehead atoms. The summed E-state index contributed by atoms with van der Waals surface area (Å²) in [4.78, 5) is 14.9. The number of imidazole rings is 1. The minimum Gasteiger partial charge on any atom is -0.348 e. The van der Waals surface area contributed by atoms with E-state index in [0.717, 1.165) is 38.1 Å². The minimum atomic E-state index is -5.10. The van der Waals surface area contributed by atoms with Gasteiger partial charge < -0.3 is 9.88 Å². The molecule has 3 aromatic heterocycles. The van der Waals surface area contributed by atoms with Crippen LogP contribution in [0.1, 0.15) is 56.0 Å². The van der Waals surface area contributed by atoms with Crippen molar-refractivity contribution in [2.75, 3.05) is 4.90 Å². The lowest BCUT2D eigenvalue weighted by molar-refractivity contribution is -0.143. The summed E-state index contributed by atoms with van der Waals surface area (Å²) in [6.45, 7) is 2.61. The molecular formula is C29H25F9N8S. The van der Waals surface area contributed by atoms with Gasteiger partial charge in [-0.25, -0.2) is 9.97 Å². The topological polar surface area (TPSA) is 88.4 Å². The summed E-state index contributed by atoms with van der Waals surface area (Å²) >= 11 is 1.36. The maximum atomic E-state index is 13.9. The van der Waals surface area contributed by atoms with Crippen molar-refractivity contribution in [2.24, 2.45) is 7.05 Å². The quantitative estimate of drug-likeness (QED) is 0.159. The van der Waals surface area contributed by atoms with Gasteiger partial charge in [-0.3, -0.25) is 0 Å². The zero-order valence-corrected chi connectivity index (χ0v) is 25.6. The van der Waals surface area contributed by atoms with Crippen LogP contribution in [-0.2, 0) is 51.5 Å². The molecule has 0 spiro atoms. The molecule has 0 saturated carbocycles. The Morgan fingerprint density at radius 2 is 1.53 bits per heavy atom. The molecule has 0 aliphatic carbocycles. The van der Waals surface area contributed by atoms with E-state index in [9.17, 15) is 39.5 Å². The van der Waals surface area contributed by atoms with Gasteiger partial charge >= 0.3 is 18.5 Å². The third-order valence-electron chi connectivity index (χ3n) is 7.17. The van der Waals surface area contributed by atoms with Crippen LogP contribution in [0.4, 0.5) is 45.5 Å². The van der Waals surface area contributed by atoms with Crippen LogP contribution >= 0.6 is 11.3 Å². The number of aryl methyl sites for hydroxylation is 3. The highest BCUT2D eigenvalue weighted by molar-refractivity contribution is 7.12. The Balaban J connectivity index is 1.62. The van der Waals surface area contributed by atoms with Gasteiger partial charge in [0.25, 0.3) is 5.95 Å². The van der Waals surface area contributed by atoms with Crippen LogP contribution < -0.4 is 4.90 Å². The average molecular weight is 689 g/mol. The maximum Gasteiger partial charge on any atom is 0.416 e. The van der Waals surface area contributed by atoms with Crippen molar-refractivity contribution in [3.05, 3.63) is 91.8 Å². The van der Waals surface area contributed by atoms with Gasteiger partial charge in [0.1, 0.15) is 0 Å². The maximum absolute atomic E-state index is 13.9. The van der Waals surface area contributed by atoms with E-state index < -0.39 is 53.9 Å². The van der Waals surface area contributed by atoms with Crippen LogP contribution in [-0.4, -0.2) is 35.2 Å². The molecule has 0 aliphatic rings. The van der Waals surface area contributed by atoms with Gasteiger partial charge in [0.2, 0.25) is 0 Å². The van der Waals surface area contributed by atoms with Crippen molar-refractivity contribution >= 4 is 17.3 Å². The first-order chi connectivity index (χ1) is 21.9. The number of alkyl halides is 9. The highest BCUT2D eigenvalue weighted by atomic mass is 32.1. The standard InChI is InChI=1S/C29H25F9N8S/c1-4-23-25(41-24(47-23)11-22-15(2)39-14-40-22)21-6-5-18(27(30,31)32)9-17(21)13-46(26-42-44-45(3)43-26)12-16-7-19(28(33,34)35)10-20(8-16)29(36,37)38/h5-10,14H,4,11-13H2,1-3H3,(H,39,40). The molecule has 18 heteroatoms. The lowest BCUT2D eigenvalue weighted by Crippen LogP contribution is -2.25. The lowest BCUT2D eigenvalue weighted by Gasteiger charge is -2.24. The number of tetrazole rings is 1. The first kappa shape index (κ1) is 33.9. The molecule has 0 saturated heterocycles. The number of hydrogen-bond acceptors (Lipinski definition) is 7. The van der Waals surface area contributed by atoms with Crippen LogP contribution in [0.5, 0.6) is 0 Å². The highest BCUT2D eigenvalue weighted by Gasteiger charge is 2.37. The summed E-state index contributed by atoms with van der Waals surface area (Å²) in [5.41, 5.74) is -2.22. The van der Waals surface area contributed by atoms with Gasteiger partial charge in [0.05, 0.1) is 46.5 Å². The van der Waals surface area contributed by atoms with Crippen LogP contribution in [0.15, 0.2) is 42.7 Å². The van der Waals surface area contributed by atoms with E-state index in [1.165, 1.54) is 30.8 Å². The largest absolute Gasteiger partial charge is 0.416 e. The predicted octanol–water partition coefficient (Wildman–Crippen LogP) is 7.78. The van der Waals surface area contributed by atoms with Crippen molar-refractivity contribution in [1.29, 1.82) is 0 Å². The van der Waals surface area contributed by atoms with E-state index in [2.05, 4.69) is 25.4 Å². The number of hydrogen-bond donors (Lipinski definition) is 1. The number of nitrogens with one attached hydrogen (secondary N) is 1. The monoisotopic (exact) mass is 688 g/mol. The first-order valence-corrected chi connectivity index (χ1v) is 14.7. The summed E-state index contributed by atoms with van der Waals surface area (Å²) in [5, 5.41) is 12.2. The molecule has 0 atom stereocenters. The number of aromatic amines is 1. The number of nitrogens with zero attached hydrogens (tertiary/aromatic N) is 7. The van der Waals surface area contributed by atoms with Crippen molar-refractivity contribution in [2.45, 2.75) is 58.3 Å². The predicted molar refractivity (Wildman–Crippen MR) is 153 cm³/mol. The molecule has 250 valence electrons. The molecule has 0 unspecified atom stereocenters. The van der Waals surface area contributed by atoms with Gasteiger partial charge in [-0.1, -0.05) is 18.1 Å². The third-order valence-corrected chi connectivity index (χ3v) is 8.37. The molecule has 0 aliphatic heterocycles. The fourth-order valence-electron chi connectivity index (χ4n) is 4.90. The van der Waals surface area contributed by atoms with E-state index in [4.69, 9.17) is 4.98 Å². The molecule has 3 heterocycles. The zero-order chi connectivity index (χ0) is 34.3. The van der Waals surface area contributed by atoms with Crippen molar-refractivity contribution in [3.8, 4) is 11.3 Å². The molecule has 2 aromatic carbocycles. The Morgan fingerprint density at radius 3 is 2.06 bits per heavy atom. The first-order valence-electron chi connectivity index (χ1n) is 13.9. The summed E-state index contributed by atoms with van der Waals surface area (Å²) < 4.78 is 124. The van der Waals surface area contributed by atoms with E-state index >= 15 is 0 Å². The Kier molecular flexibility index (Phi) is 9.09. The molecule has 47 heavy (non-hydrogen) atoms. The second-order valence-corrected chi connectivity index (χ2v) is 11.8. The molecule has 0 amide bonds. The smallest absolute Gasteiger partial charge is 0.348 e.